The molecular weight excluding hydrogens is 347 g/mol. The topological polar surface area (TPSA) is 69.4 Å². The molecular formula is C11H7BrF3NO4. The van der Waals surface area contributed by atoms with Crippen molar-refractivity contribution >= 4 is 33.7 Å². The number of rotatable bonds is 4. The summed E-state index contributed by atoms with van der Waals surface area (Å²) in [6.07, 6.45) is -3.40. The summed E-state index contributed by atoms with van der Waals surface area (Å²) in [7, 11) is 0. The average Bonchev–Trinajstić information content (AvgIpc) is 2.35. The molecule has 1 rings (SSSR count). The third-order valence-electron chi connectivity index (χ3n) is 1.96. The fraction of sp³-hybridized carbons (Fsp3) is 0.182. The lowest BCUT2D eigenvalue weighted by atomic mass is 10.2. The molecule has 1 aromatic rings. The number of nitro benzene ring substituents is 1. The van der Waals surface area contributed by atoms with Crippen molar-refractivity contribution in [1.29, 1.82) is 0 Å². The maximum Gasteiger partial charge on any atom is 0.422 e. The molecule has 0 amide bonds. The molecule has 5 nitrogen and oxygen atoms in total. The van der Waals surface area contributed by atoms with Gasteiger partial charge < -0.3 is 4.74 Å². The van der Waals surface area contributed by atoms with E-state index in [1.165, 1.54) is 30.3 Å². The number of nitro groups is 1. The predicted molar refractivity (Wildman–Crippen MR) is 67.0 cm³/mol. The summed E-state index contributed by atoms with van der Waals surface area (Å²) >= 11 is 2.78. The minimum atomic E-state index is -4.60. The van der Waals surface area contributed by atoms with E-state index in [1.807, 2.05) is 0 Å². The van der Waals surface area contributed by atoms with Crippen molar-refractivity contribution in [1.82, 2.24) is 0 Å². The van der Waals surface area contributed by atoms with Crippen LogP contribution in [0, 0.1) is 10.1 Å². The van der Waals surface area contributed by atoms with Crippen molar-refractivity contribution in [2.75, 3.05) is 6.61 Å². The number of carbonyl (C=O) groups is 1. The first kappa shape index (κ1) is 16.2. The highest BCUT2D eigenvalue weighted by atomic mass is 79.9. The fourth-order valence-electron chi connectivity index (χ4n) is 1.11. The molecule has 108 valence electrons. The highest BCUT2D eigenvalue weighted by molar-refractivity contribution is 9.12. The Morgan fingerprint density at radius 2 is 1.90 bits per heavy atom. The van der Waals surface area contributed by atoms with Crippen molar-refractivity contribution in [2.24, 2.45) is 0 Å². The SMILES string of the molecule is O=C(OCC(F)(F)F)/C(Br)=C\c1ccc([N+](=O)[O-])cc1. The average molecular weight is 354 g/mol. The first-order valence-corrected chi connectivity index (χ1v) is 5.84. The molecule has 0 aliphatic rings. The van der Waals surface area contributed by atoms with Crippen LogP contribution in [0.4, 0.5) is 18.9 Å². The number of non-ortho nitro benzene ring substituents is 1. The molecule has 0 aromatic heterocycles. The minimum absolute atomic E-state index is 0.141. The molecule has 20 heavy (non-hydrogen) atoms. The molecule has 0 N–H and O–H groups in total. The summed E-state index contributed by atoms with van der Waals surface area (Å²) in [5, 5.41) is 10.4. The Balaban J connectivity index is 2.73. The number of nitrogens with zero attached hydrogens (tertiary/aromatic N) is 1. The maximum atomic E-state index is 11.9. The van der Waals surface area contributed by atoms with Gasteiger partial charge in [-0.25, -0.2) is 4.79 Å². The molecule has 0 spiro atoms. The standard InChI is InChI=1S/C11H7BrF3NO4/c12-9(10(17)20-6-11(13,14)15)5-7-1-3-8(4-2-7)16(18)19/h1-5H,6H2/b9-5+. The molecule has 0 bridgehead atoms. The first-order chi connectivity index (χ1) is 9.19. The van der Waals surface area contributed by atoms with Crippen LogP contribution in [-0.4, -0.2) is 23.7 Å². The summed E-state index contributed by atoms with van der Waals surface area (Å²) in [4.78, 5) is 21.0. The van der Waals surface area contributed by atoms with Gasteiger partial charge in [-0.15, -0.1) is 0 Å². The van der Waals surface area contributed by atoms with E-state index in [-0.39, 0.29) is 10.2 Å². The van der Waals surface area contributed by atoms with Crippen LogP contribution in [-0.2, 0) is 9.53 Å². The van der Waals surface area contributed by atoms with Gasteiger partial charge in [0.25, 0.3) is 5.69 Å². The Morgan fingerprint density at radius 3 is 2.35 bits per heavy atom. The third-order valence-corrected chi connectivity index (χ3v) is 2.51. The molecule has 0 fully saturated rings. The smallest absolute Gasteiger partial charge is 0.422 e. The van der Waals surface area contributed by atoms with E-state index < -0.39 is 23.7 Å². The Kier molecular flexibility index (Phi) is 5.26. The molecule has 0 saturated carbocycles. The number of halogens is 4. The van der Waals surface area contributed by atoms with Crippen molar-refractivity contribution in [3.8, 4) is 0 Å². The van der Waals surface area contributed by atoms with E-state index in [2.05, 4.69) is 20.7 Å². The second-order valence-corrected chi connectivity index (χ2v) is 4.39. The molecule has 0 radical (unpaired) electrons. The molecule has 9 heteroatoms. The molecule has 0 heterocycles. The Morgan fingerprint density at radius 1 is 1.35 bits per heavy atom. The van der Waals surface area contributed by atoms with Crippen LogP contribution in [0.1, 0.15) is 5.56 Å². The second kappa shape index (κ2) is 6.51. The molecule has 0 atom stereocenters. The van der Waals surface area contributed by atoms with Gasteiger partial charge in [-0.2, -0.15) is 13.2 Å². The molecule has 0 saturated heterocycles. The number of hydrogen-bond donors (Lipinski definition) is 0. The van der Waals surface area contributed by atoms with Gasteiger partial charge in [0.15, 0.2) is 6.61 Å². The predicted octanol–water partition coefficient (Wildman–Crippen LogP) is 3.44. The lowest BCUT2D eigenvalue weighted by Gasteiger charge is -2.07. The normalized spacial score (nSPS) is 12.1. The van der Waals surface area contributed by atoms with Crippen LogP contribution < -0.4 is 0 Å². The van der Waals surface area contributed by atoms with Crippen LogP contribution in [0.3, 0.4) is 0 Å². The number of ether oxygens (including phenoxy) is 1. The van der Waals surface area contributed by atoms with Crippen molar-refractivity contribution in [3.05, 3.63) is 44.4 Å². The Hall–Kier alpha value is -1.90. The zero-order chi connectivity index (χ0) is 15.3. The van der Waals surface area contributed by atoms with Crippen LogP contribution in [0.15, 0.2) is 28.7 Å². The zero-order valence-corrected chi connectivity index (χ0v) is 11.3. The highest BCUT2D eigenvalue weighted by Crippen LogP contribution is 2.19. The van der Waals surface area contributed by atoms with E-state index in [4.69, 9.17) is 0 Å². The Bertz CT molecular complexity index is 540. The van der Waals surface area contributed by atoms with Gasteiger partial charge in [0.1, 0.15) is 4.48 Å². The van der Waals surface area contributed by atoms with E-state index in [1.54, 1.807) is 0 Å². The third kappa shape index (κ3) is 5.39. The van der Waals surface area contributed by atoms with E-state index in [0.29, 0.717) is 5.56 Å². The van der Waals surface area contributed by atoms with Crippen LogP contribution in [0.2, 0.25) is 0 Å². The van der Waals surface area contributed by atoms with Crippen LogP contribution in [0.25, 0.3) is 6.08 Å². The summed E-state index contributed by atoms with van der Waals surface area (Å²) in [5.41, 5.74) is 0.254. The summed E-state index contributed by atoms with van der Waals surface area (Å²) in [6, 6.07) is 5.09. The fourth-order valence-corrected chi connectivity index (χ4v) is 1.49. The van der Waals surface area contributed by atoms with Crippen molar-refractivity contribution in [2.45, 2.75) is 6.18 Å². The van der Waals surface area contributed by atoms with Crippen LogP contribution in [0.5, 0.6) is 0 Å². The van der Waals surface area contributed by atoms with Crippen LogP contribution >= 0.6 is 15.9 Å². The number of esters is 1. The lowest BCUT2D eigenvalue weighted by Crippen LogP contribution is -2.20. The Labute approximate surface area is 119 Å². The zero-order valence-electron chi connectivity index (χ0n) is 9.69. The largest absolute Gasteiger partial charge is 0.452 e. The summed E-state index contributed by atoms with van der Waals surface area (Å²) in [5.74, 6) is -1.18. The summed E-state index contributed by atoms with van der Waals surface area (Å²) in [6.45, 7) is -1.69. The highest BCUT2D eigenvalue weighted by Gasteiger charge is 2.29. The summed E-state index contributed by atoms with van der Waals surface area (Å²) < 4.78 is 39.3. The number of hydrogen-bond acceptors (Lipinski definition) is 4. The van der Waals surface area contributed by atoms with Gasteiger partial charge in [-0.3, -0.25) is 10.1 Å². The first-order valence-electron chi connectivity index (χ1n) is 5.04. The second-order valence-electron chi connectivity index (χ2n) is 3.53. The van der Waals surface area contributed by atoms with Crippen molar-refractivity contribution < 1.29 is 27.6 Å². The van der Waals surface area contributed by atoms with E-state index >= 15 is 0 Å². The molecule has 1 aromatic carbocycles. The van der Waals surface area contributed by atoms with Crippen molar-refractivity contribution in [3.63, 3.8) is 0 Å². The lowest BCUT2D eigenvalue weighted by molar-refractivity contribution is -0.384. The van der Waals surface area contributed by atoms with Gasteiger partial charge in [0.05, 0.1) is 4.92 Å². The number of carbonyl (C=O) groups excluding carboxylic acids is 1. The number of benzene rings is 1. The van der Waals surface area contributed by atoms with E-state index in [0.717, 1.165) is 0 Å². The van der Waals surface area contributed by atoms with Gasteiger partial charge in [-0.05, 0) is 39.7 Å². The maximum absolute atomic E-state index is 11.9. The quantitative estimate of drug-likeness (QED) is 0.360. The van der Waals surface area contributed by atoms with Gasteiger partial charge in [0.2, 0.25) is 0 Å². The monoisotopic (exact) mass is 353 g/mol. The van der Waals surface area contributed by atoms with E-state index in [9.17, 15) is 28.1 Å². The molecule has 0 aliphatic heterocycles. The molecule has 0 unspecified atom stereocenters. The van der Waals surface area contributed by atoms with Gasteiger partial charge in [-0.1, -0.05) is 0 Å². The minimum Gasteiger partial charge on any atom is -0.452 e. The number of alkyl halides is 3. The van der Waals surface area contributed by atoms with Gasteiger partial charge >= 0.3 is 12.1 Å². The molecule has 0 aliphatic carbocycles. The van der Waals surface area contributed by atoms with Gasteiger partial charge in [0, 0.05) is 12.1 Å².